The van der Waals surface area contributed by atoms with Crippen molar-refractivity contribution in [3.05, 3.63) is 35.9 Å². The second-order valence-corrected chi connectivity index (χ2v) is 5.51. The summed E-state index contributed by atoms with van der Waals surface area (Å²) in [5, 5.41) is 9.33. The number of amides is 1. The van der Waals surface area contributed by atoms with Gasteiger partial charge in [-0.15, -0.1) is 0 Å². The molecule has 4 heteroatoms. The molecule has 1 atom stereocenters. The highest BCUT2D eigenvalue weighted by Gasteiger charge is 2.44. The Hall–Kier alpha value is -1.55. The maximum Gasteiger partial charge on any atom is 0.410 e. The average Bonchev–Trinajstić information content (AvgIpc) is 2.72. The third-order valence-electron chi connectivity index (χ3n) is 4.04. The summed E-state index contributed by atoms with van der Waals surface area (Å²) in [6.45, 7) is 4.99. The van der Waals surface area contributed by atoms with Crippen LogP contribution in [0.25, 0.3) is 0 Å². The number of hydrogen-bond acceptors (Lipinski definition) is 3. The van der Waals surface area contributed by atoms with Gasteiger partial charge in [0.1, 0.15) is 6.61 Å². The number of rotatable bonds is 3. The average molecular weight is 263 g/mol. The quantitative estimate of drug-likeness (QED) is 0.911. The van der Waals surface area contributed by atoms with Crippen molar-refractivity contribution in [2.75, 3.05) is 13.2 Å². The van der Waals surface area contributed by atoms with Gasteiger partial charge in [-0.25, -0.2) is 4.79 Å². The van der Waals surface area contributed by atoms with E-state index in [4.69, 9.17) is 4.74 Å². The largest absolute Gasteiger partial charge is 0.445 e. The molecule has 1 aliphatic rings. The molecule has 1 aromatic carbocycles. The van der Waals surface area contributed by atoms with Gasteiger partial charge in [0, 0.05) is 24.6 Å². The van der Waals surface area contributed by atoms with E-state index in [1.54, 1.807) is 4.90 Å². The van der Waals surface area contributed by atoms with Crippen molar-refractivity contribution in [1.82, 2.24) is 4.90 Å². The normalized spacial score (nSPS) is 21.4. The van der Waals surface area contributed by atoms with Gasteiger partial charge < -0.3 is 14.7 Å². The van der Waals surface area contributed by atoms with Gasteiger partial charge in [0.15, 0.2) is 0 Å². The van der Waals surface area contributed by atoms with Crippen molar-refractivity contribution in [1.29, 1.82) is 0 Å². The van der Waals surface area contributed by atoms with Gasteiger partial charge >= 0.3 is 6.09 Å². The molecule has 1 unspecified atom stereocenters. The van der Waals surface area contributed by atoms with E-state index < -0.39 is 0 Å². The van der Waals surface area contributed by atoms with Crippen LogP contribution in [0.5, 0.6) is 0 Å². The zero-order valence-electron chi connectivity index (χ0n) is 11.5. The first-order valence-electron chi connectivity index (χ1n) is 6.65. The van der Waals surface area contributed by atoms with E-state index >= 15 is 0 Å². The van der Waals surface area contributed by atoms with Crippen LogP contribution in [0.1, 0.15) is 25.8 Å². The zero-order chi connectivity index (χ0) is 13.9. The number of carbonyl (C=O) groups is 1. The fraction of sp³-hybridized carbons (Fsp3) is 0.533. The summed E-state index contributed by atoms with van der Waals surface area (Å²) in [6, 6.07) is 9.63. The Kier molecular flexibility index (Phi) is 4.10. The van der Waals surface area contributed by atoms with Gasteiger partial charge in [0.25, 0.3) is 0 Å². The van der Waals surface area contributed by atoms with Crippen LogP contribution in [0.15, 0.2) is 30.3 Å². The number of aliphatic hydroxyl groups excluding tert-OH is 1. The van der Waals surface area contributed by atoms with Gasteiger partial charge in [-0.2, -0.15) is 0 Å². The second kappa shape index (κ2) is 5.61. The Balaban J connectivity index is 1.94. The molecule has 1 N–H and O–H groups in total. The molecule has 1 aromatic rings. The first-order chi connectivity index (χ1) is 9.05. The van der Waals surface area contributed by atoms with E-state index in [1.807, 2.05) is 44.2 Å². The number of hydrogen-bond donors (Lipinski definition) is 1. The number of nitrogens with zero attached hydrogens (tertiary/aromatic N) is 1. The van der Waals surface area contributed by atoms with Crippen LogP contribution in [0.2, 0.25) is 0 Å². The number of benzene rings is 1. The molecule has 0 spiro atoms. The van der Waals surface area contributed by atoms with Gasteiger partial charge in [-0.1, -0.05) is 30.3 Å². The fourth-order valence-electron chi connectivity index (χ4n) is 2.59. The predicted molar refractivity (Wildman–Crippen MR) is 72.6 cm³/mol. The van der Waals surface area contributed by atoms with Crippen LogP contribution < -0.4 is 0 Å². The lowest BCUT2D eigenvalue weighted by Crippen LogP contribution is -2.47. The molecular formula is C15H21NO3. The minimum Gasteiger partial charge on any atom is -0.445 e. The molecule has 0 saturated carbocycles. The second-order valence-electron chi connectivity index (χ2n) is 5.51. The molecular weight excluding hydrogens is 242 g/mol. The molecule has 1 amide bonds. The van der Waals surface area contributed by atoms with Crippen molar-refractivity contribution in [2.45, 2.75) is 32.4 Å². The highest BCUT2D eigenvalue weighted by Crippen LogP contribution is 2.34. The van der Waals surface area contributed by atoms with Crippen molar-refractivity contribution < 1.29 is 14.6 Å². The maximum absolute atomic E-state index is 12.1. The summed E-state index contributed by atoms with van der Waals surface area (Å²) >= 11 is 0. The molecule has 1 heterocycles. The number of ether oxygens (including phenoxy) is 1. The van der Waals surface area contributed by atoms with Crippen LogP contribution in [0.4, 0.5) is 4.79 Å². The molecule has 0 aliphatic carbocycles. The number of likely N-dealkylation sites (tertiary alicyclic amines) is 1. The molecule has 0 radical (unpaired) electrons. The van der Waals surface area contributed by atoms with E-state index in [0.29, 0.717) is 6.54 Å². The van der Waals surface area contributed by atoms with Crippen LogP contribution >= 0.6 is 0 Å². The number of carbonyl (C=O) groups excluding carboxylic acids is 1. The highest BCUT2D eigenvalue weighted by molar-refractivity contribution is 5.69. The summed E-state index contributed by atoms with van der Waals surface area (Å²) < 4.78 is 5.35. The Labute approximate surface area is 114 Å². The zero-order valence-corrected chi connectivity index (χ0v) is 11.5. The Bertz CT molecular complexity index is 430. The minimum absolute atomic E-state index is 0.107. The summed E-state index contributed by atoms with van der Waals surface area (Å²) in [4.78, 5) is 13.8. The molecule has 19 heavy (non-hydrogen) atoms. The predicted octanol–water partition coefficient (Wildman–Crippen LogP) is 2.42. The Morgan fingerprint density at radius 1 is 1.42 bits per heavy atom. The van der Waals surface area contributed by atoms with Crippen molar-refractivity contribution in [2.24, 2.45) is 5.92 Å². The van der Waals surface area contributed by atoms with Crippen molar-refractivity contribution in [3.63, 3.8) is 0 Å². The van der Waals surface area contributed by atoms with Gasteiger partial charge in [-0.05, 0) is 25.8 Å². The van der Waals surface area contributed by atoms with E-state index in [1.165, 1.54) is 0 Å². The molecule has 2 rings (SSSR count). The smallest absolute Gasteiger partial charge is 0.410 e. The molecule has 0 aromatic heterocycles. The van der Waals surface area contributed by atoms with Crippen LogP contribution in [-0.2, 0) is 11.3 Å². The van der Waals surface area contributed by atoms with Gasteiger partial charge in [-0.3, -0.25) is 0 Å². The first-order valence-corrected chi connectivity index (χ1v) is 6.65. The summed E-state index contributed by atoms with van der Waals surface area (Å²) in [5.41, 5.74) is 0.634. The maximum atomic E-state index is 12.1. The number of aliphatic hydroxyl groups is 1. The molecule has 4 nitrogen and oxygen atoms in total. The molecule has 104 valence electrons. The lowest BCUT2D eigenvalue weighted by Gasteiger charge is -2.34. The highest BCUT2D eigenvalue weighted by atomic mass is 16.6. The van der Waals surface area contributed by atoms with Crippen molar-refractivity contribution >= 4 is 6.09 Å². The van der Waals surface area contributed by atoms with Crippen LogP contribution in [0, 0.1) is 5.92 Å². The minimum atomic E-state index is -0.345. The van der Waals surface area contributed by atoms with E-state index in [-0.39, 0.29) is 30.8 Å². The molecule has 1 saturated heterocycles. The first kappa shape index (κ1) is 13.9. The SMILES string of the molecule is CC1(C)C(CO)CCN1C(=O)OCc1ccccc1. The van der Waals surface area contributed by atoms with Gasteiger partial charge in [0.2, 0.25) is 0 Å². The topological polar surface area (TPSA) is 49.8 Å². The third-order valence-corrected chi connectivity index (χ3v) is 4.04. The summed E-state index contributed by atoms with van der Waals surface area (Å²) in [6.07, 6.45) is 0.522. The van der Waals surface area contributed by atoms with Crippen LogP contribution in [-0.4, -0.2) is 34.8 Å². The van der Waals surface area contributed by atoms with Crippen molar-refractivity contribution in [3.8, 4) is 0 Å². The van der Waals surface area contributed by atoms with Gasteiger partial charge in [0.05, 0.1) is 0 Å². The lowest BCUT2D eigenvalue weighted by atomic mass is 9.89. The fourth-order valence-corrected chi connectivity index (χ4v) is 2.59. The van der Waals surface area contributed by atoms with Crippen LogP contribution in [0.3, 0.4) is 0 Å². The lowest BCUT2D eigenvalue weighted by molar-refractivity contribution is 0.0570. The monoisotopic (exact) mass is 263 g/mol. The Morgan fingerprint density at radius 2 is 2.11 bits per heavy atom. The molecule has 1 aliphatic heterocycles. The summed E-state index contributed by atoms with van der Waals surface area (Å²) in [5.74, 6) is 0.122. The van der Waals surface area contributed by atoms with E-state index in [9.17, 15) is 9.90 Å². The summed E-state index contributed by atoms with van der Waals surface area (Å²) in [7, 11) is 0. The standard InChI is InChI=1S/C15H21NO3/c1-15(2)13(10-17)8-9-16(15)14(18)19-11-12-6-4-3-5-7-12/h3-7,13,17H,8-11H2,1-2H3. The van der Waals surface area contributed by atoms with E-state index in [0.717, 1.165) is 12.0 Å². The Morgan fingerprint density at radius 3 is 2.68 bits per heavy atom. The molecule has 0 bridgehead atoms. The van der Waals surface area contributed by atoms with E-state index in [2.05, 4.69) is 0 Å². The molecule has 1 fully saturated rings. The third kappa shape index (κ3) is 2.89.